The van der Waals surface area contributed by atoms with E-state index < -0.39 is 0 Å². The average molecular weight is 195 g/mol. The standard InChI is InChI=1S/C12H15Cl/c1-9-5-3-4-6-11(9)12(2)7-10(12)8-13/h3-6,10H,7-8H2,1-2H3. The lowest BCUT2D eigenvalue weighted by atomic mass is 9.92. The summed E-state index contributed by atoms with van der Waals surface area (Å²) in [4.78, 5) is 0. The van der Waals surface area contributed by atoms with Crippen LogP contribution in [-0.4, -0.2) is 5.88 Å². The van der Waals surface area contributed by atoms with Crippen molar-refractivity contribution >= 4 is 11.6 Å². The average Bonchev–Trinajstić information content (AvgIpc) is 2.79. The molecule has 2 unspecified atom stereocenters. The highest BCUT2D eigenvalue weighted by molar-refractivity contribution is 6.18. The minimum absolute atomic E-state index is 0.368. The van der Waals surface area contributed by atoms with Crippen LogP contribution in [0.15, 0.2) is 24.3 Å². The molecule has 0 aromatic heterocycles. The van der Waals surface area contributed by atoms with Crippen LogP contribution in [0.5, 0.6) is 0 Å². The monoisotopic (exact) mass is 194 g/mol. The first-order valence-electron chi connectivity index (χ1n) is 4.80. The van der Waals surface area contributed by atoms with Crippen LogP contribution in [0.4, 0.5) is 0 Å². The third-order valence-corrected chi connectivity index (χ3v) is 3.73. The second kappa shape index (κ2) is 3.02. The first-order valence-corrected chi connectivity index (χ1v) is 5.34. The van der Waals surface area contributed by atoms with Gasteiger partial charge in [0.2, 0.25) is 0 Å². The van der Waals surface area contributed by atoms with Crippen LogP contribution in [0.3, 0.4) is 0 Å². The predicted octanol–water partition coefficient (Wildman–Crippen LogP) is 3.51. The Hall–Kier alpha value is -0.490. The van der Waals surface area contributed by atoms with Crippen molar-refractivity contribution in [2.45, 2.75) is 25.7 Å². The van der Waals surface area contributed by atoms with Crippen LogP contribution < -0.4 is 0 Å². The Balaban J connectivity index is 2.32. The third-order valence-electron chi connectivity index (χ3n) is 3.36. The van der Waals surface area contributed by atoms with Crippen molar-refractivity contribution in [3.8, 4) is 0 Å². The Labute approximate surface area is 84.9 Å². The van der Waals surface area contributed by atoms with E-state index in [1.165, 1.54) is 17.5 Å². The van der Waals surface area contributed by atoms with E-state index in [1.54, 1.807) is 0 Å². The molecule has 0 radical (unpaired) electrons. The second-order valence-electron chi connectivity index (χ2n) is 4.29. The lowest BCUT2D eigenvalue weighted by Crippen LogP contribution is -2.07. The fourth-order valence-electron chi connectivity index (χ4n) is 2.22. The smallest absolute Gasteiger partial charge is 0.0260 e. The molecule has 70 valence electrons. The number of hydrogen-bond acceptors (Lipinski definition) is 0. The molecule has 2 rings (SSSR count). The van der Waals surface area contributed by atoms with Gasteiger partial charge in [0.25, 0.3) is 0 Å². The maximum atomic E-state index is 5.89. The van der Waals surface area contributed by atoms with Gasteiger partial charge in [0.1, 0.15) is 0 Å². The molecule has 0 N–H and O–H groups in total. The normalized spacial score (nSPS) is 31.8. The SMILES string of the molecule is Cc1ccccc1C1(C)CC1CCl. The summed E-state index contributed by atoms with van der Waals surface area (Å²) in [5, 5.41) is 0. The van der Waals surface area contributed by atoms with E-state index in [1.807, 2.05) is 0 Å². The van der Waals surface area contributed by atoms with Gasteiger partial charge in [-0.05, 0) is 35.8 Å². The van der Waals surface area contributed by atoms with Gasteiger partial charge in [-0.1, -0.05) is 31.2 Å². The van der Waals surface area contributed by atoms with Gasteiger partial charge in [-0.25, -0.2) is 0 Å². The van der Waals surface area contributed by atoms with E-state index in [0.717, 1.165) is 5.88 Å². The van der Waals surface area contributed by atoms with Crippen molar-refractivity contribution in [1.29, 1.82) is 0 Å². The Morgan fingerprint density at radius 3 is 2.69 bits per heavy atom. The Morgan fingerprint density at radius 2 is 2.15 bits per heavy atom. The van der Waals surface area contributed by atoms with Gasteiger partial charge >= 0.3 is 0 Å². The molecule has 0 heterocycles. The zero-order chi connectivity index (χ0) is 9.47. The van der Waals surface area contributed by atoms with Crippen LogP contribution in [-0.2, 0) is 5.41 Å². The van der Waals surface area contributed by atoms with Gasteiger partial charge in [-0.3, -0.25) is 0 Å². The molecule has 0 nitrogen and oxygen atoms in total. The van der Waals surface area contributed by atoms with Crippen molar-refractivity contribution in [2.75, 3.05) is 5.88 Å². The summed E-state index contributed by atoms with van der Waals surface area (Å²) in [7, 11) is 0. The van der Waals surface area contributed by atoms with E-state index in [0.29, 0.717) is 11.3 Å². The lowest BCUT2D eigenvalue weighted by Gasteiger charge is -2.13. The molecule has 2 atom stereocenters. The molecule has 0 amide bonds. The fourth-order valence-corrected chi connectivity index (χ4v) is 2.67. The molecular weight excluding hydrogens is 180 g/mol. The first-order chi connectivity index (χ1) is 6.18. The lowest BCUT2D eigenvalue weighted by molar-refractivity contribution is 0.700. The van der Waals surface area contributed by atoms with E-state index in [2.05, 4.69) is 38.1 Å². The molecular formula is C12H15Cl. The van der Waals surface area contributed by atoms with Crippen molar-refractivity contribution < 1.29 is 0 Å². The summed E-state index contributed by atoms with van der Waals surface area (Å²) in [6.07, 6.45) is 1.25. The summed E-state index contributed by atoms with van der Waals surface area (Å²) < 4.78 is 0. The van der Waals surface area contributed by atoms with Gasteiger partial charge in [-0.15, -0.1) is 11.6 Å². The molecule has 0 aliphatic heterocycles. The van der Waals surface area contributed by atoms with Crippen molar-refractivity contribution in [2.24, 2.45) is 5.92 Å². The number of hydrogen-bond donors (Lipinski definition) is 0. The summed E-state index contributed by atoms with van der Waals surface area (Å²) in [5.41, 5.74) is 3.26. The molecule has 0 saturated heterocycles. The molecule has 1 aliphatic rings. The summed E-state index contributed by atoms with van der Waals surface area (Å²) >= 11 is 5.89. The van der Waals surface area contributed by atoms with Crippen LogP contribution >= 0.6 is 11.6 Å². The van der Waals surface area contributed by atoms with Crippen LogP contribution in [0.25, 0.3) is 0 Å². The van der Waals surface area contributed by atoms with Gasteiger partial charge in [-0.2, -0.15) is 0 Å². The van der Waals surface area contributed by atoms with Crippen molar-refractivity contribution in [3.05, 3.63) is 35.4 Å². The predicted molar refractivity (Wildman–Crippen MR) is 57.4 cm³/mol. The highest BCUT2D eigenvalue weighted by Gasteiger charge is 2.50. The van der Waals surface area contributed by atoms with Crippen LogP contribution in [0.2, 0.25) is 0 Å². The number of rotatable bonds is 2. The zero-order valence-corrected chi connectivity index (χ0v) is 8.93. The van der Waals surface area contributed by atoms with Crippen LogP contribution in [0.1, 0.15) is 24.5 Å². The molecule has 1 aromatic rings. The van der Waals surface area contributed by atoms with Gasteiger partial charge < -0.3 is 0 Å². The minimum Gasteiger partial charge on any atom is -0.126 e. The van der Waals surface area contributed by atoms with Crippen LogP contribution in [0, 0.1) is 12.8 Å². The first kappa shape index (κ1) is 9.08. The number of alkyl halides is 1. The second-order valence-corrected chi connectivity index (χ2v) is 4.60. The Bertz CT molecular complexity index is 319. The number of halogens is 1. The maximum absolute atomic E-state index is 5.89. The zero-order valence-electron chi connectivity index (χ0n) is 8.18. The fraction of sp³-hybridized carbons (Fsp3) is 0.500. The maximum Gasteiger partial charge on any atom is 0.0260 e. The summed E-state index contributed by atoms with van der Waals surface area (Å²) in [6, 6.07) is 8.64. The van der Waals surface area contributed by atoms with Gasteiger partial charge in [0, 0.05) is 5.88 Å². The molecule has 1 heteroatoms. The van der Waals surface area contributed by atoms with Crippen molar-refractivity contribution in [3.63, 3.8) is 0 Å². The van der Waals surface area contributed by atoms with Gasteiger partial charge in [0.05, 0.1) is 0 Å². The molecule has 1 aliphatic carbocycles. The molecule has 1 aromatic carbocycles. The minimum atomic E-state index is 0.368. The molecule has 1 saturated carbocycles. The number of aryl methyl sites for hydroxylation is 1. The summed E-state index contributed by atoms with van der Waals surface area (Å²) in [5.74, 6) is 1.49. The third kappa shape index (κ3) is 1.38. The Kier molecular flexibility index (Phi) is 2.11. The molecule has 0 spiro atoms. The van der Waals surface area contributed by atoms with E-state index in [9.17, 15) is 0 Å². The molecule has 0 bridgehead atoms. The topological polar surface area (TPSA) is 0 Å². The quantitative estimate of drug-likeness (QED) is 0.633. The van der Waals surface area contributed by atoms with Gasteiger partial charge in [0.15, 0.2) is 0 Å². The highest BCUT2D eigenvalue weighted by Crippen LogP contribution is 2.55. The molecule has 1 fully saturated rings. The number of benzene rings is 1. The largest absolute Gasteiger partial charge is 0.126 e. The summed E-state index contributed by atoms with van der Waals surface area (Å²) in [6.45, 7) is 4.51. The van der Waals surface area contributed by atoms with Crippen molar-refractivity contribution in [1.82, 2.24) is 0 Å². The molecule has 13 heavy (non-hydrogen) atoms. The van der Waals surface area contributed by atoms with E-state index in [-0.39, 0.29) is 0 Å². The van der Waals surface area contributed by atoms with E-state index >= 15 is 0 Å². The highest BCUT2D eigenvalue weighted by atomic mass is 35.5. The Morgan fingerprint density at radius 1 is 1.46 bits per heavy atom. The van der Waals surface area contributed by atoms with E-state index in [4.69, 9.17) is 11.6 Å².